The minimum absolute atomic E-state index is 0.0382. The Morgan fingerprint density at radius 2 is 2.16 bits per heavy atom. The predicted octanol–water partition coefficient (Wildman–Crippen LogP) is 1.11. The summed E-state index contributed by atoms with van der Waals surface area (Å²) in [6.07, 6.45) is 0.0908. The number of nitrogens with zero attached hydrogens (tertiary/aromatic N) is 1. The van der Waals surface area contributed by atoms with E-state index in [1.165, 1.54) is 36.0 Å². The fourth-order valence-electron chi connectivity index (χ4n) is 1.60. The van der Waals surface area contributed by atoms with Crippen molar-refractivity contribution in [3.05, 3.63) is 34.4 Å². The van der Waals surface area contributed by atoms with Crippen LogP contribution in [0, 0.1) is 10.1 Å². The number of carbonyl (C=O) groups is 2. The number of carbonyl (C=O) groups excluding carboxylic acids is 2. The van der Waals surface area contributed by atoms with E-state index in [0.29, 0.717) is 11.6 Å². The molecule has 1 aliphatic heterocycles. The van der Waals surface area contributed by atoms with Crippen molar-refractivity contribution >= 4 is 35.0 Å². The van der Waals surface area contributed by atoms with Crippen LogP contribution >= 0.6 is 11.8 Å². The summed E-state index contributed by atoms with van der Waals surface area (Å²) in [6.45, 7) is 0. The molecule has 19 heavy (non-hydrogen) atoms. The van der Waals surface area contributed by atoms with Gasteiger partial charge in [-0.2, -0.15) is 0 Å². The fourth-order valence-corrected chi connectivity index (χ4v) is 2.53. The first kappa shape index (κ1) is 13.3. The number of hydrogen-bond donors (Lipinski definition) is 2. The first-order valence-corrected chi connectivity index (χ1v) is 6.55. The number of benzene rings is 1. The average Bonchev–Trinajstić information content (AvgIpc) is 2.75. The largest absolute Gasteiger partial charge is 0.346 e. The molecule has 1 fully saturated rings. The smallest absolute Gasteiger partial charge is 0.269 e. The van der Waals surface area contributed by atoms with Gasteiger partial charge in [-0.3, -0.25) is 19.7 Å². The molecule has 100 valence electrons. The Morgan fingerprint density at radius 1 is 1.47 bits per heavy atom. The molecule has 1 saturated heterocycles. The molecule has 7 nitrogen and oxygen atoms in total. The number of nitro benzene ring substituents is 1. The number of hydrogen-bond acceptors (Lipinski definition) is 5. The van der Waals surface area contributed by atoms with Gasteiger partial charge in [0.15, 0.2) is 0 Å². The van der Waals surface area contributed by atoms with Crippen molar-refractivity contribution in [2.75, 3.05) is 11.2 Å². The minimum Gasteiger partial charge on any atom is -0.346 e. The molecule has 0 bridgehead atoms. The molecule has 1 aromatic carbocycles. The highest BCUT2D eigenvalue weighted by molar-refractivity contribution is 8.01. The van der Waals surface area contributed by atoms with Gasteiger partial charge in [-0.1, -0.05) is 0 Å². The van der Waals surface area contributed by atoms with Crippen LogP contribution in [0.1, 0.15) is 6.42 Å². The zero-order valence-electron chi connectivity index (χ0n) is 9.79. The Kier molecular flexibility index (Phi) is 4.00. The van der Waals surface area contributed by atoms with Crippen LogP contribution in [0.4, 0.5) is 11.4 Å². The molecule has 1 atom stereocenters. The van der Waals surface area contributed by atoms with Crippen molar-refractivity contribution in [1.82, 2.24) is 5.32 Å². The molecule has 0 radical (unpaired) electrons. The van der Waals surface area contributed by atoms with E-state index in [9.17, 15) is 19.7 Å². The molecule has 2 amide bonds. The zero-order valence-corrected chi connectivity index (χ0v) is 10.6. The molecular formula is C11H11N3O4S. The van der Waals surface area contributed by atoms with E-state index in [4.69, 9.17) is 0 Å². The van der Waals surface area contributed by atoms with Crippen molar-refractivity contribution < 1.29 is 14.5 Å². The number of non-ortho nitro benzene ring substituents is 1. The van der Waals surface area contributed by atoms with Crippen LogP contribution in [0.3, 0.4) is 0 Å². The summed E-state index contributed by atoms with van der Waals surface area (Å²) < 4.78 is 0. The van der Waals surface area contributed by atoms with E-state index in [2.05, 4.69) is 10.6 Å². The number of rotatable bonds is 4. The summed E-state index contributed by atoms with van der Waals surface area (Å²) in [5, 5.41) is 15.3. The maximum Gasteiger partial charge on any atom is 0.269 e. The lowest BCUT2D eigenvalue weighted by Crippen LogP contribution is -2.26. The molecule has 0 aliphatic carbocycles. The lowest BCUT2D eigenvalue weighted by molar-refractivity contribution is -0.384. The van der Waals surface area contributed by atoms with Crippen LogP contribution < -0.4 is 10.6 Å². The van der Waals surface area contributed by atoms with Crippen LogP contribution in [0.15, 0.2) is 24.3 Å². The Hall–Kier alpha value is -2.09. The third-order valence-electron chi connectivity index (χ3n) is 2.56. The second-order valence-corrected chi connectivity index (χ2v) is 5.09. The normalized spacial score (nSPS) is 17.9. The highest BCUT2D eigenvalue weighted by Crippen LogP contribution is 2.21. The summed E-state index contributed by atoms with van der Waals surface area (Å²) in [5.74, 6) is 0.0983. The van der Waals surface area contributed by atoms with Gasteiger partial charge in [-0.15, -0.1) is 11.8 Å². The Balaban J connectivity index is 1.91. The highest BCUT2D eigenvalue weighted by atomic mass is 32.2. The summed E-state index contributed by atoms with van der Waals surface area (Å²) in [6, 6.07) is 5.54. The van der Waals surface area contributed by atoms with Crippen molar-refractivity contribution in [2.45, 2.75) is 11.7 Å². The number of nitrogens with one attached hydrogen (secondary N) is 2. The number of amides is 2. The van der Waals surface area contributed by atoms with Gasteiger partial charge in [0.05, 0.1) is 16.1 Å². The van der Waals surface area contributed by atoms with Crippen molar-refractivity contribution in [1.29, 1.82) is 0 Å². The molecular weight excluding hydrogens is 270 g/mol. The van der Waals surface area contributed by atoms with E-state index < -0.39 is 4.92 Å². The van der Waals surface area contributed by atoms with Crippen LogP contribution in [-0.2, 0) is 9.59 Å². The standard InChI is InChI=1S/C11H11N3O4S/c15-10(5-9-11(16)12-6-19-9)13-7-1-3-8(4-2-7)14(17)18/h1-4,9H,5-6H2,(H,12,16)(H,13,15). The lowest BCUT2D eigenvalue weighted by atomic mass is 10.2. The summed E-state index contributed by atoms with van der Waals surface area (Å²) in [5.41, 5.74) is 0.433. The Bertz CT molecular complexity index is 517. The fraction of sp³-hybridized carbons (Fsp3) is 0.273. The third-order valence-corrected chi connectivity index (χ3v) is 3.65. The van der Waals surface area contributed by atoms with E-state index in [0.717, 1.165) is 0 Å². The molecule has 8 heteroatoms. The quantitative estimate of drug-likeness (QED) is 0.636. The molecule has 2 rings (SSSR count). The molecule has 2 N–H and O–H groups in total. The maximum atomic E-state index is 11.7. The van der Waals surface area contributed by atoms with Crippen LogP contribution in [0.2, 0.25) is 0 Å². The predicted molar refractivity (Wildman–Crippen MR) is 70.7 cm³/mol. The Morgan fingerprint density at radius 3 is 2.68 bits per heavy atom. The minimum atomic E-state index is -0.509. The van der Waals surface area contributed by atoms with Crippen molar-refractivity contribution in [3.8, 4) is 0 Å². The topological polar surface area (TPSA) is 101 Å². The maximum absolute atomic E-state index is 11.7. The van der Waals surface area contributed by atoms with Gasteiger partial charge >= 0.3 is 0 Å². The van der Waals surface area contributed by atoms with E-state index in [-0.39, 0.29) is 29.2 Å². The monoisotopic (exact) mass is 281 g/mol. The third kappa shape index (κ3) is 3.44. The SMILES string of the molecule is O=C(CC1SCNC1=O)Nc1ccc([N+](=O)[O-])cc1. The first-order chi connectivity index (χ1) is 9.06. The van der Waals surface area contributed by atoms with Crippen LogP contribution in [-0.4, -0.2) is 27.9 Å². The number of thioether (sulfide) groups is 1. The molecule has 1 heterocycles. The zero-order chi connectivity index (χ0) is 13.8. The lowest BCUT2D eigenvalue weighted by Gasteiger charge is -2.07. The first-order valence-electron chi connectivity index (χ1n) is 5.50. The van der Waals surface area contributed by atoms with Gasteiger partial charge in [-0.25, -0.2) is 0 Å². The van der Waals surface area contributed by atoms with E-state index in [1.54, 1.807) is 0 Å². The average molecular weight is 281 g/mol. The van der Waals surface area contributed by atoms with Gasteiger partial charge in [0.2, 0.25) is 11.8 Å². The molecule has 0 aromatic heterocycles. The second kappa shape index (κ2) is 5.70. The van der Waals surface area contributed by atoms with Gasteiger partial charge in [0, 0.05) is 24.2 Å². The van der Waals surface area contributed by atoms with E-state index in [1.807, 2.05) is 0 Å². The molecule has 0 saturated carbocycles. The van der Waals surface area contributed by atoms with Crippen LogP contribution in [0.25, 0.3) is 0 Å². The van der Waals surface area contributed by atoms with Crippen molar-refractivity contribution in [3.63, 3.8) is 0 Å². The van der Waals surface area contributed by atoms with Gasteiger partial charge in [-0.05, 0) is 12.1 Å². The Labute approximate surface area is 112 Å². The van der Waals surface area contributed by atoms with Gasteiger partial charge in [0.1, 0.15) is 0 Å². The van der Waals surface area contributed by atoms with Crippen molar-refractivity contribution in [2.24, 2.45) is 0 Å². The molecule has 0 spiro atoms. The van der Waals surface area contributed by atoms with Crippen LogP contribution in [0.5, 0.6) is 0 Å². The molecule has 1 aromatic rings. The summed E-state index contributed by atoms with van der Waals surface area (Å²) in [7, 11) is 0. The van der Waals surface area contributed by atoms with E-state index >= 15 is 0 Å². The molecule has 1 aliphatic rings. The number of nitro groups is 1. The molecule has 1 unspecified atom stereocenters. The van der Waals surface area contributed by atoms with Gasteiger partial charge in [0.25, 0.3) is 5.69 Å². The summed E-state index contributed by atoms with van der Waals surface area (Å²) >= 11 is 1.38. The van der Waals surface area contributed by atoms with Gasteiger partial charge < -0.3 is 10.6 Å². The highest BCUT2D eigenvalue weighted by Gasteiger charge is 2.27. The second-order valence-electron chi connectivity index (χ2n) is 3.90. The summed E-state index contributed by atoms with van der Waals surface area (Å²) in [4.78, 5) is 33.0. The number of anilines is 1.